The number of rotatable bonds is 6. The van der Waals surface area contributed by atoms with Crippen LogP contribution in [0.1, 0.15) is 25.7 Å². The lowest BCUT2D eigenvalue weighted by Gasteiger charge is -2.12. The zero-order chi connectivity index (χ0) is 14.6. The molecule has 1 aromatic heterocycles. The van der Waals surface area contributed by atoms with Gasteiger partial charge in [0.1, 0.15) is 10.7 Å². The Kier molecular flexibility index (Phi) is 5.20. The fraction of sp³-hybridized carbons (Fsp3) is 0.583. The first-order valence-electron chi connectivity index (χ1n) is 6.51. The van der Waals surface area contributed by atoms with E-state index in [-0.39, 0.29) is 28.4 Å². The SMILES string of the molecule is Nc1ncc(S(=O)(=O)NCCOC2CCCC2)cc1Cl. The quantitative estimate of drug-likeness (QED) is 0.776. The largest absolute Gasteiger partial charge is 0.382 e. The summed E-state index contributed by atoms with van der Waals surface area (Å²) in [6, 6.07) is 1.28. The van der Waals surface area contributed by atoms with E-state index in [0.717, 1.165) is 12.8 Å². The Balaban J connectivity index is 1.85. The van der Waals surface area contributed by atoms with Crippen LogP contribution in [0.25, 0.3) is 0 Å². The summed E-state index contributed by atoms with van der Waals surface area (Å²) in [6.07, 6.45) is 5.94. The van der Waals surface area contributed by atoms with Gasteiger partial charge in [0.2, 0.25) is 10.0 Å². The molecule has 1 heterocycles. The van der Waals surface area contributed by atoms with E-state index in [2.05, 4.69) is 9.71 Å². The minimum absolute atomic E-state index is 0.00225. The fourth-order valence-electron chi connectivity index (χ4n) is 2.12. The molecule has 0 saturated heterocycles. The van der Waals surface area contributed by atoms with Crippen molar-refractivity contribution in [2.24, 2.45) is 0 Å². The van der Waals surface area contributed by atoms with Crippen LogP contribution in [0.15, 0.2) is 17.2 Å². The number of hydrogen-bond acceptors (Lipinski definition) is 5. The van der Waals surface area contributed by atoms with Crippen LogP contribution in [0.5, 0.6) is 0 Å². The molecule has 1 saturated carbocycles. The van der Waals surface area contributed by atoms with E-state index in [1.54, 1.807) is 0 Å². The van der Waals surface area contributed by atoms with Crippen LogP contribution < -0.4 is 10.5 Å². The summed E-state index contributed by atoms with van der Waals surface area (Å²) in [5.74, 6) is 0.107. The Bertz CT molecular complexity index is 559. The van der Waals surface area contributed by atoms with Crippen molar-refractivity contribution in [3.8, 4) is 0 Å². The summed E-state index contributed by atoms with van der Waals surface area (Å²) in [7, 11) is -3.63. The van der Waals surface area contributed by atoms with Gasteiger partial charge in [-0.2, -0.15) is 0 Å². The van der Waals surface area contributed by atoms with Crippen LogP contribution in [0, 0.1) is 0 Å². The summed E-state index contributed by atoms with van der Waals surface area (Å²) in [6.45, 7) is 0.584. The summed E-state index contributed by atoms with van der Waals surface area (Å²) in [5, 5.41) is 0.120. The van der Waals surface area contributed by atoms with Crippen molar-refractivity contribution >= 4 is 27.4 Å². The maximum atomic E-state index is 12.0. The molecule has 0 amide bonds. The minimum atomic E-state index is -3.63. The highest BCUT2D eigenvalue weighted by molar-refractivity contribution is 7.89. The molecule has 1 aliphatic carbocycles. The number of halogens is 1. The highest BCUT2D eigenvalue weighted by Crippen LogP contribution is 2.21. The molecule has 1 aromatic rings. The maximum absolute atomic E-state index is 12.0. The molecule has 3 N–H and O–H groups in total. The molecule has 0 radical (unpaired) electrons. The van der Waals surface area contributed by atoms with E-state index in [1.807, 2.05) is 0 Å². The number of nitrogens with one attached hydrogen (secondary N) is 1. The van der Waals surface area contributed by atoms with E-state index in [1.165, 1.54) is 25.1 Å². The lowest BCUT2D eigenvalue weighted by Crippen LogP contribution is -2.28. The van der Waals surface area contributed by atoms with E-state index in [4.69, 9.17) is 22.1 Å². The van der Waals surface area contributed by atoms with Gasteiger partial charge in [0.15, 0.2) is 0 Å². The smallest absolute Gasteiger partial charge is 0.242 e. The first-order valence-corrected chi connectivity index (χ1v) is 8.37. The average molecular weight is 320 g/mol. The van der Waals surface area contributed by atoms with Gasteiger partial charge >= 0.3 is 0 Å². The Labute approximate surface area is 123 Å². The number of nitrogens with zero attached hydrogens (tertiary/aromatic N) is 1. The third kappa shape index (κ3) is 4.05. The van der Waals surface area contributed by atoms with Crippen LogP contribution >= 0.6 is 11.6 Å². The summed E-state index contributed by atoms with van der Waals surface area (Å²) in [5.41, 5.74) is 5.45. The lowest BCUT2D eigenvalue weighted by molar-refractivity contribution is 0.0626. The van der Waals surface area contributed by atoms with Crippen molar-refractivity contribution in [2.75, 3.05) is 18.9 Å². The van der Waals surface area contributed by atoms with Crippen LogP contribution in [0.3, 0.4) is 0 Å². The van der Waals surface area contributed by atoms with Crippen LogP contribution in [0.2, 0.25) is 5.02 Å². The summed E-state index contributed by atoms with van der Waals surface area (Å²) in [4.78, 5) is 3.73. The maximum Gasteiger partial charge on any atom is 0.242 e. The molecular formula is C12H18ClN3O3S. The van der Waals surface area contributed by atoms with E-state index >= 15 is 0 Å². The molecule has 6 nitrogen and oxygen atoms in total. The molecular weight excluding hydrogens is 302 g/mol. The number of sulfonamides is 1. The van der Waals surface area contributed by atoms with E-state index < -0.39 is 10.0 Å². The second kappa shape index (κ2) is 6.71. The van der Waals surface area contributed by atoms with Gasteiger partial charge in [0.25, 0.3) is 0 Å². The number of anilines is 1. The van der Waals surface area contributed by atoms with Gasteiger partial charge in [-0.25, -0.2) is 18.1 Å². The molecule has 0 spiro atoms. The number of ether oxygens (including phenoxy) is 1. The summed E-state index contributed by atoms with van der Waals surface area (Å²) < 4.78 is 32.0. The topological polar surface area (TPSA) is 94.3 Å². The standard InChI is InChI=1S/C12H18ClN3O3S/c13-11-7-10(8-15-12(11)14)20(17,18)16-5-6-19-9-3-1-2-4-9/h7-9,16H,1-6H2,(H2,14,15). The number of aromatic nitrogens is 1. The van der Waals surface area contributed by atoms with Gasteiger partial charge in [-0.05, 0) is 18.9 Å². The van der Waals surface area contributed by atoms with Crippen LogP contribution in [-0.4, -0.2) is 32.7 Å². The molecule has 1 fully saturated rings. The van der Waals surface area contributed by atoms with Gasteiger partial charge in [-0.15, -0.1) is 0 Å². The monoisotopic (exact) mass is 319 g/mol. The number of hydrogen-bond donors (Lipinski definition) is 2. The van der Waals surface area contributed by atoms with E-state index in [9.17, 15) is 8.42 Å². The first-order chi connectivity index (χ1) is 9.49. The Morgan fingerprint density at radius 3 is 2.80 bits per heavy atom. The second-order valence-corrected chi connectivity index (χ2v) is 6.89. The Hall–Kier alpha value is -0.890. The van der Waals surface area contributed by atoms with Gasteiger partial charge in [0, 0.05) is 12.7 Å². The Morgan fingerprint density at radius 2 is 2.15 bits per heavy atom. The number of nitrogen functional groups attached to an aromatic ring is 1. The van der Waals surface area contributed by atoms with Gasteiger partial charge in [-0.1, -0.05) is 24.4 Å². The molecule has 8 heteroatoms. The van der Waals surface area contributed by atoms with Crippen molar-refractivity contribution in [2.45, 2.75) is 36.7 Å². The average Bonchev–Trinajstić information content (AvgIpc) is 2.91. The number of pyridine rings is 1. The molecule has 112 valence electrons. The number of nitrogens with two attached hydrogens (primary N) is 1. The third-order valence-corrected chi connectivity index (χ3v) is 4.94. The molecule has 20 heavy (non-hydrogen) atoms. The molecule has 0 unspecified atom stereocenters. The van der Waals surface area contributed by atoms with Gasteiger partial charge in [0.05, 0.1) is 17.7 Å². The van der Waals surface area contributed by atoms with Crippen molar-refractivity contribution in [3.63, 3.8) is 0 Å². The van der Waals surface area contributed by atoms with Crippen molar-refractivity contribution in [1.82, 2.24) is 9.71 Å². The molecule has 1 aliphatic rings. The zero-order valence-electron chi connectivity index (χ0n) is 11.0. The van der Waals surface area contributed by atoms with Crippen molar-refractivity contribution in [1.29, 1.82) is 0 Å². The zero-order valence-corrected chi connectivity index (χ0v) is 12.6. The molecule has 2 rings (SSSR count). The normalized spacial score (nSPS) is 16.6. The lowest BCUT2D eigenvalue weighted by atomic mass is 10.3. The highest BCUT2D eigenvalue weighted by Gasteiger charge is 2.17. The van der Waals surface area contributed by atoms with E-state index in [0.29, 0.717) is 6.61 Å². The second-order valence-electron chi connectivity index (χ2n) is 4.71. The minimum Gasteiger partial charge on any atom is -0.382 e. The molecule has 0 aliphatic heterocycles. The molecule has 0 bridgehead atoms. The summed E-state index contributed by atoms with van der Waals surface area (Å²) >= 11 is 5.76. The highest BCUT2D eigenvalue weighted by atomic mass is 35.5. The third-order valence-electron chi connectivity index (χ3n) is 3.20. The van der Waals surface area contributed by atoms with Gasteiger partial charge < -0.3 is 10.5 Å². The van der Waals surface area contributed by atoms with Crippen LogP contribution in [-0.2, 0) is 14.8 Å². The predicted molar refractivity (Wildman–Crippen MR) is 77.1 cm³/mol. The van der Waals surface area contributed by atoms with Crippen molar-refractivity contribution < 1.29 is 13.2 Å². The van der Waals surface area contributed by atoms with Crippen molar-refractivity contribution in [3.05, 3.63) is 17.3 Å². The predicted octanol–water partition coefficient (Wildman–Crippen LogP) is 1.55. The van der Waals surface area contributed by atoms with Crippen LogP contribution in [0.4, 0.5) is 5.82 Å². The van der Waals surface area contributed by atoms with Gasteiger partial charge in [-0.3, -0.25) is 0 Å². The molecule has 0 atom stereocenters. The fourth-order valence-corrected chi connectivity index (χ4v) is 3.33. The Morgan fingerprint density at radius 1 is 1.45 bits per heavy atom. The molecule has 0 aromatic carbocycles. The first kappa shape index (κ1) is 15.5.